The Labute approximate surface area is 186 Å². The fourth-order valence-electron chi connectivity index (χ4n) is 3.59. The molecule has 7 nitrogen and oxygen atoms in total. The van der Waals surface area contributed by atoms with Crippen LogP contribution in [0.3, 0.4) is 0 Å². The number of hydrogen-bond acceptors (Lipinski definition) is 7. The van der Waals surface area contributed by atoms with Crippen molar-refractivity contribution in [3.05, 3.63) is 77.2 Å². The molecule has 0 unspecified atom stereocenters. The Balaban J connectivity index is 1.65. The molecule has 0 atom stereocenters. The van der Waals surface area contributed by atoms with Gasteiger partial charge >= 0.3 is 5.97 Å². The van der Waals surface area contributed by atoms with Gasteiger partial charge in [0, 0.05) is 29.3 Å². The van der Waals surface area contributed by atoms with E-state index < -0.39 is 0 Å². The number of benzene rings is 2. The molecule has 0 amide bonds. The molecule has 2 aromatic carbocycles. The Bertz CT molecular complexity index is 1250. The summed E-state index contributed by atoms with van der Waals surface area (Å²) in [6.45, 7) is 4.73. The molecule has 164 valence electrons. The van der Waals surface area contributed by atoms with Crippen molar-refractivity contribution in [3.8, 4) is 16.9 Å². The van der Waals surface area contributed by atoms with Gasteiger partial charge in [0.15, 0.2) is 5.58 Å². The van der Waals surface area contributed by atoms with Crippen LogP contribution in [-0.4, -0.2) is 22.7 Å². The van der Waals surface area contributed by atoms with E-state index >= 15 is 0 Å². The molecule has 0 aliphatic heterocycles. The SMILES string of the molecule is CCOC(=O)Cc1ccccc1OCc1cc(-c2ccnc(CN)c2)c2onc(C)c2c1. The van der Waals surface area contributed by atoms with Crippen LogP contribution >= 0.6 is 0 Å². The molecular weight excluding hydrogens is 406 g/mol. The van der Waals surface area contributed by atoms with Gasteiger partial charge in [0.25, 0.3) is 0 Å². The minimum absolute atomic E-state index is 0.165. The Kier molecular flexibility index (Phi) is 6.47. The first-order chi connectivity index (χ1) is 15.6. The third kappa shape index (κ3) is 4.63. The average molecular weight is 431 g/mol. The number of para-hydroxylation sites is 1. The van der Waals surface area contributed by atoms with Gasteiger partial charge in [0.05, 0.1) is 24.4 Å². The number of pyridine rings is 1. The maximum Gasteiger partial charge on any atom is 0.310 e. The fraction of sp³-hybridized carbons (Fsp3) is 0.240. The highest BCUT2D eigenvalue weighted by Crippen LogP contribution is 2.33. The topological polar surface area (TPSA) is 100 Å². The summed E-state index contributed by atoms with van der Waals surface area (Å²) in [6.07, 6.45) is 1.90. The van der Waals surface area contributed by atoms with Gasteiger partial charge in [-0.05, 0) is 55.3 Å². The number of esters is 1. The quantitative estimate of drug-likeness (QED) is 0.414. The van der Waals surface area contributed by atoms with Crippen molar-refractivity contribution < 1.29 is 18.8 Å². The number of hydrogen-bond donors (Lipinski definition) is 1. The van der Waals surface area contributed by atoms with Gasteiger partial charge in [-0.15, -0.1) is 0 Å². The third-order valence-electron chi connectivity index (χ3n) is 5.16. The van der Waals surface area contributed by atoms with E-state index in [1.165, 1.54) is 0 Å². The predicted molar refractivity (Wildman–Crippen MR) is 121 cm³/mol. The van der Waals surface area contributed by atoms with E-state index in [1.54, 1.807) is 13.1 Å². The molecule has 32 heavy (non-hydrogen) atoms. The van der Waals surface area contributed by atoms with Gasteiger partial charge in [-0.1, -0.05) is 23.4 Å². The van der Waals surface area contributed by atoms with Crippen LogP contribution in [0.4, 0.5) is 0 Å². The highest BCUT2D eigenvalue weighted by atomic mass is 16.5. The van der Waals surface area contributed by atoms with Crippen LogP contribution in [0.5, 0.6) is 5.75 Å². The third-order valence-corrected chi connectivity index (χ3v) is 5.16. The molecule has 7 heteroatoms. The molecule has 2 heterocycles. The monoisotopic (exact) mass is 431 g/mol. The number of carbonyl (C=O) groups is 1. The summed E-state index contributed by atoms with van der Waals surface area (Å²) < 4.78 is 16.8. The zero-order chi connectivity index (χ0) is 22.5. The Morgan fingerprint density at radius 3 is 2.81 bits per heavy atom. The fourth-order valence-corrected chi connectivity index (χ4v) is 3.59. The van der Waals surface area contributed by atoms with Gasteiger partial charge in [0.1, 0.15) is 12.4 Å². The summed E-state index contributed by atoms with van der Waals surface area (Å²) in [6, 6.07) is 15.4. The predicted octanol–water partition coefficient (Wildman–Crippen LogP) is 4.34. The summed E-state index contributed by atoms with van der Waals surface area (Å²) in [5.41, 5.74) is 11.7. The maximum atomic E-state index is 11.9. The zero-order valence-electron chi connectivity index (χ0n) is 18.1. The van der Waals surface area contributed by atoms with E-state index in [0.29, 0.717) is 31.1 Å². The van der Waals surface area contributed by atoms with Crippen LogP contribution in [0.15, 0.2) is 59.3 Å². The molecule has 0 radical (unpaired) electrons. The molecule has 2 N–H and O–H groups in total. The first-order valence-electron chi connectivity index (χ1n) is 10.5. The smallest absolute Gasteiger partial charge is 0.310 e. The van der Waals surface area contributed by atoms with Crippen molar-refractivity contribution in [2.45, 2.75) is 33.4 Å². The van der Waals surface area contributed by atoms with Crippen molar-refractivity contribution in [3.63, 3.8) is 0 Å². The van der Waals surface area contributed by atoms with E-state index in [4.69, 9.17) is 19.7 Å². The van der Waals surface area contributed by atoms with Crippen LogP contribution in [0.1, 0.15) is 29.4 Å². The molecule has 0 fully saturated rings. The molecule has 0 saturated heterocycles. The number of fused-ring (bicyclic) bond motifs is 1. The normalized spacial score (nSPS) is 11.0. The lowest BCUT2D eigenvalue weighted by Gasteiger charge is -2.12. The maximum absolute atomic E-state index is 11.9. The Hall–Kier alpha value is -3.71. The van der Waals surface area contributed by atoms with E-state index in [0.717, 1.165) is 39.0 Å². The lowest BCUT2D eigenvalue weighted by Crippen LogP contribution is -2.09. The Morgan fingerprint density at radius 1 is 1.16 bits per heavy atom. The van der Waals surface area contributed by atoms with E-state index in [1.807, 2.05) is 55.5 Å². The standard InChI is InChI=1S/C25H25N3O4/c1-3-30-24(29)13-19-6-4-5-7-23(19)31-15-17-10-21-16(2)28-32-25(21)22(11-17)18-8-9-27-20(12-18)14-26/h4-12H,3,13-15,26H2,1-2H3. The summed E-state index contributed by atoms with van der Waals surface area (Å²) in [5.74, 6) is 0.374. The van der Waals surface area contributed by atoms with Crippen molar-refractivity contribution in [1.29, 1.82) is 0 Å². The first-order valence-corrected chi connectivity index (χ1v) is 10.5. The van der Waals surface area contributed by atoms with Crippen molar-refractivity contribution in [2.75, 3.05) is 6.61 Å². The second kappa shape index (κ2) is 9.62. The van der Waals surface area contributed by atoms with Gasteiger partial charge in [0.2, 0.25) is 0 Å². The van der Waals surface area contributed by atoms with Crippen LogP contribution in [0.2, 0.25) is 0 Å². The molecule has 0 aliphatic rings. The molecular formula is C25H25N3O4. The van der Waals surface area contributed by atoms with Crippen molar-refractivity contribution in [1.82, 2.24) is 10.1 Å². The largest absolute Gasteiger partial charge is 0.489 e. The minimum atomic E-state index is -0.277. The molecule has 0 bridgehead atoms. The second-order valence-corrected chi connectivity index (χ2v) is 7.41. The second-order valence-electron chi connectivity index (χ2n) is 7.41. The van der Waals surface area contributed by atoms with Crippen LogP contribution in [0, 0.1) is 6.92 Å². The van der Waals surface area contributed by atoms with Crippen molar-refractivity contribution in [2.24, 2.45) is 5.73 Å². The average Bonchev–Trinajstić information content (AvgIpc) is 3.19. The molecule has 4 aromatic rings. The van der Waals surface area contributed by atoms with Crippen LogP contribution in [-0.2, 0) is 29.1 Å². The lowest BCUT2D eigenvalue weighted by molar-refractivity contribution is -0.142. The minimum Gasteiger partial charge on any atom is -0.489 e. The zero-order valence-corrected chi connectivity index (χ0v) is 18.1. The van der Waals surface area contributed by atoms with Gasteiger partial charge in [-0.25, -0.2) is 0 Å². The van der Waals surface area contributed by atoms with E-state index in [2.05, 4.69) is 10.1 Å². The van der Waals surface area contributed by atoms with Crippen molar-refractivity contribution >= 4 is 16.9 Å². The number of aryl methyl sites for hydroxylation is 1. The highest BCUT2D eigenvalue weighted by Gasteiger charge is 2.15. The molecule has 0 aliphatic carbocycles. The number of nitrogens with two attached hydrogens (primary N) is 1. The summed E-state index contributed by atoms with van der Waals surface area (Å²) in [4.78, 5) is 16.2. The van der Waals surface area contributed by atoms with E-state index in [9.17, 15) is 4.79 Å². The number of aromatic nitrogens is 2. The first kappa shape index (κ1) is 21.5. The van der Waals surface area contributed by atoms with Gasteiger partial charge < -0.3 is 19.7 Å². The summed E-state index contributed by atoms with van der Waals surface area (Å²) >= 11 is 0. The van der Waals surface area contributed by atoms with Crippen LogP contribution < -0.4 is 10.5 Å². The van der Waals surface area contributed by atoms with Gasteiger partial charge in [-0.3, -0.25) is 9.78 Å². The lowest BCUT2D eigenvalue weighted by atomic mass is 10.00. The number of nitrogens with zero attached hydrogens (tertiary/aromatic N) is 2. The molecule has 4 rings (SSSR count). The number of carbonyl (C=O) groups excluding carboxylic acids is 1. The van der Waals surface area contributed by atoms with Crippen LogP contribution in [0.25, 0.3) is 22.1 Å². The molecule has 0 spiro atoms. The number of ether oxygens (including phenoxy) is 2. The van der Waals surface area contributed by atoms with Gasteiger partial charge in [-0.2, -0.15) is 0 Å². The Morgan fingerprint density at radius 2 is 2.00 bits per heavy atom. The molecule has 2 aromatic heterocycles. The highest BCUT2D eigenvalue weighted by molar-refractivity contribution is 5.94. The molecule has 0 saturated carbocycles. The summed E-state index contributed by atoms with van der Waals surface area (Å²) in [7, 11) is 0. The summed E-state index contributed by atoms with van der Waals surface area (Å²) in [5, 5.41) is 5.06. The number of rotatable bonds is 8. The van der Waals surface area contributed by atoms with E-state index in [-0.39, 0.29) is 12.4 Å².